The zero-order chi connectivity index (χ0) is 23.1. The number of carbonyl (C=O) groups excluding carboxylic acids is 2. The summed E-state index contributed by atoms with van der Waals surface area (Å²) in [6.07, 6.45) is 0.903. The third-order valence-electron chi connectivity index (χ3n) is 5.13. The van der Waals surface area contributed by atoms with Gasteiger partial charge in [-0.1, -0.05) is 45.0 Å². The highest BCUT2D eigenvalue weighted by Gasteiger charge is 2.13. The molecule has 0 fully saturated rings. The van der Waals surface area contributed by atoms with Gasteiger partial charge in [-0.05, 0) is 71.5 Å². The number of amides is 1. The molecule has 0 atom stereocenters. The second-order valence-electron chi connectivity index (χ2n) is 8.63. The predicted octanol–water partition coefficient (Wildman–Crippen LogP) is 5.78. The van der Waals surface area contributed by atoms with Crippen LogP contribution < -0.4 is 14.8 Å². The lowest BCUT2D eigenvalue weighted by Crippen LogP contribution is -2.12. The molecular weight excluding hydrogens is 402 g/mol. The monoisotopic (exact) mass is 431 g/mol. The van der Waals surface area contributed by atoms with Crippen LogP contribution in [0.1, 0.15) is 48.7 Å². The van der Waals surface area contributed by atoms with Crippen molar-refractivity contribution in [2.45, 2.75) is 39.0 Å². The molecule has 0 heterocycles. The van der Waals surface area contributed by atoms with E-state index in [1.165, 1.54) is 5.56 Å². The SMILES string of the molecule is COc1ccc(NC(=O)c2ccc(OC(=O)CCc3ccc(C(C)(C)C)cc3)cc2)cc1. The van der Waals surface area contributed by atoms with Crippen LogP contribution in [0.3, 0.4) is 0 Å². The van der Waals surface area contributed by atoms with Crippen molar-refractivity contribution in [2.24, 2.45) is 0 Å². The van der Waals surface area contributed by atoms with Gasteiger partial charge in [0.2, 0.25) is 0 Å². The molecule has 166 valence electrons. The predicted molar refractivity (Wildman–Crippen MR) is 126 cm³/mol. The molecule has 0 spiro atoms. The van der Waals surface area contributed by atoms with E-state index in [4.69, 9.17) is 9.47 Å². The lowest BCUT2D eigenvalue weighted by Gasteiger charge is -2.19. The Balaban J connectivity index is 1.50. The highest BCUT2D eigenvalue weighted by molar-refractivity contribution is 6.04. The average Bonchev–Trinajstić information content (AvgIpc) is 2.78. The highest BCUT2D eigenvalue weighted by Crippen LogP contribution is 2.23. The molecule has 0 saturated heterocycles. The van der Waals surface area contributed by atoms with Crippen LogP contribution in [0.5, 0.6) is 11.5 Å². The van der Waals surface area contributed by atoms with Crippen LogP contribution in [-0.4, -0.2) is 19.0 Å². The molecule has 5 heteroatoms. The highest BCUT2D eigenvalue weighted by atomic mass is 16.5. The van der Waals surface area contributed by atoms with Crippen molar-refractivity contribution in [3.8, 4) is 11.5 Å². The van der Waals surface area contributed by atoms with Crippen molar-refractivity contribution in [1.82, 2.24) is 0 Å². The van der Waals surface area contributed by atoms with Gasteiger partial charge in [-0.2, -0.15) is 0 Å². The summed E-state index contributed by atoms with van der Waals surface area (Å²) in [4.78, 5) is 24.6. The number of methoxy groups -OCH3 is 1. The number of hydrogen-bond acceptors (Lipinski definition) is 4. The molecule has 0 radical (unpaired) electrons. The maximum absolute atomic E-state index is 12.4. The third-order valence-corrected chi connectivity index (χ3v) is 5.13. The molecule has 1 amide bonds. The largest absolute Gasteiger partial charge is 0.497 e. The van der Waals surface area contributed by atoms with Crippen molar-refractivity contribution < 1.29 is 19.1 Å². The van der Waals surface area contributed by atoms with Gasteiger partial charge < -0.3 is 14.8 Å². The first-order chi connectivity index (χ1) is 15.2. The summed E-state index contributed by atoms with van der Waals surface area (Å²) in [5.74, 6) is 0.585. The Morgan fingerprint density at radius 1 is 0.812 bits per heavy atom. The number of hydrogen-bond donors (Lipinski definition) is 1. The maximum Gasteiger partial charge on any atom is 0.311 e. The molecule has 1 N–H and O–H groups in total. The van der Waals surface area contributed by atoms with Gasteiger partial charge in [-0.25, -0.2) is 0 Å². The van der Waals surface area contributed by atoms with E-state index in [1.807, 2.05) is 0 Å². The molecule has 3 aromatic rings. The normalized spacial score (nSPS) is 11.0. The van der Waals surface area contributed by atoms with E-state index >= 15 is 0 Å². The van der Waals surface area contributed by atoms with Gasteiger partial charge in [0.15, 0.2) is 0 Å². The number of ether oxygens (including phenoxy) is 2. The van der Waals surface area contributed by atoms with Crippen LogP contribution in [-0.2, 0) is 16.6 Å². The summed E-state index contributed by atoms with van der Waals surface area (Å²) >= 11 is 0. The molecule has 0 bridgehead atoms. The van der Waals surface area contributed by atoms with Crippen molar-refractivity contribution in [1.29, 1.82) is 0 Å². The van der Waals surface area contributed by atoms with E-state index in [0.29, 0.717) is 23.4 Å². The van der Waals surface area contributed by atoms with Crippen LogP contribution in [0.25, 0.3) is 0 Å². The van der Waals surface area contributed by atoms with Gasteiger partial charge >= 0.3 is 5.97 Å². The van der Waals surface area contributed by atoms with E-state index in [2.05, 4.69) is 50.4 Å². The van der Waals surface area contributed by atoms with Crippen LogP contribution in [0.2, 0.25) is 0 Å². The molecule has 0 aliphatic carbocycles. The van der Waals surface area contributed by atoms with Gasteiger partial charge in [0.05, 0.1) is 7.11 Å². The third kappa shape index (κ3) is 6.45. The Morgan fingerprint density at radius 3 is 1.97 bits per heavy atom. The minimum absolute atomic E-state index is 0.106. The smallest absolute Gasteiger partial charge is 0.311 e. The molecule has 32 heavy (non-hydrogen) atoms. The van der Waals surface area contributed by atoms with Gasteiger partial charge in [-0.3, -0.25) is 9.59 Å². The fourth-order valence-corrected chi connectivity index (χ4v) is 3.15. The molecule has 0 aromatic heterocycles. The molecule has 3 rings (SSSR count). The Hall–Kier alpha value is -3.60. The van der Waals surface area contributed by atoms with Gasteiger partial charge in [0.25, 0.3) is 5.91 Å². The topological polar surface area (TPSA) is 64.6 Å². The Labute approximate surface area is 189 Å². The lowest BCUT2D eigenvalue weighted by molar-refractivity contribution is -0.134. The molecule has 3 aromatic carbocycles. The number of carbonyl (C=O) groups is 2. The zero-order valence-electron chi connectivity index (χ0n) is 19.0. The van der Waals surface area contributed by atoms with Crippen LogP contribution in [0, 0.1) is 0 Å². The van der Waals surface area contributed by atoms with Crippen molar-refractivity contribution in [2.75, 3.05) is 12.4 Å². The van der Waals surface area contributed by atoms with E-state index in [-0.39, 0.29) is 23.7 Å². The van der Waals surface area contributed by atoms with E-state index in [9.17, 15) is 9.59 Å². The Kier molecular flexibility index (Phi) is 7.31. The lowest BCUT2D eigenvalue weighted by atomic mass is 9.86. The molecular formula is C27H29NO4. The average molecular weight is 432 g/mol. The summed E-state index contributed by atoms with van der Waals surface area (Å²) in [6, 6.07) is 21.9. The number of rotatable bonds is 7. The maximum atomic E-state index is 12.4. The molecule has 0 saturated carbocycles. The zero-order valence-corrected chi connectivity index (χ0v) is 19.0. The van der Waals surface area contributed by atoms with Crippen molar-refractivity contribution in [3.63, 3.8) is 0 Å². The summed E-state index contributed by atoms with van der Waals surface area (Å²) in [7, 11) is 1.59. The quantitative estimate of drug-likeness (QED) is 0.380. The van der Waals surface area contributed by atoms with Crippen LogP contribution in [0.4, 0.5) is 5.69 Å². The van der Waals surface area contributed by atoms with Gasteiger partial charge in [0, 0.05) is 17.7 Å². The minimum atomic E-state index is -0.305. The molecule has 0 aliphatic heterocycles. The first-order valence-corrected chi connectivity index (χ1v) is 10.6. The van der Waals surface area contributed by atoms with Crippen molar-refractivity contribution in [3.05, 3.63) is 89.5 Å². The standard InChI is InChI=1S/C27H29NO4/c1-27(2,3)21-10-5-19(6-11-21)7-18-25(29)32-24-14-8-20(9-15-24)26(30)28-22-12-16-23(31-4)17-13-22/h5-6,8-17H,7,18H2,1-4H3,(H,28,30). The van der Waals surface area contributed by atoms with E-state index < -0.39 is 0 Å². The molecule has 0 aliphatic rings. The fourth-order valence-electron chi connectivity index (χ4n) is 3.15. The van der Waals surface area contributed by atoms with E-state index in [0.717, 1.165) is 11.3 Å². The number of nitrogens with one attached hydrogen (secondary N) is 1. The second-order valence-corrected chi connectivity index (χ2v) is 8.63. The van der Waals surface area contributed by atoms with Crippen molar-refractivity contribution >= 4 is 17.6 Å². The van der Waals surface area contributed by atoms with Gasteiger partial charge in [0.1, 0.15) is 11.5 Å². The number of aryl methyl sites for hydroxylation is 1. The number of esters is 1. The molecule has 5 nitrogen and oxygen atoms in total. The minimum Gasteiger partial charge on any atom is -0.497 e. The summed E-state index contributed by atoms with van der Waals surface area (Å²) in [5.41, 5.74) is 3.61. The van der Waals surface area contributed by atoms with E-state index in [1.54, 1.807) is 55.6 Å². The Bertz CT molecular complexity index is 1050. The summed E-state index contributed by atoms with van der Waals surface area (Å²) in [5, 5.41) is 2.82. The molecule has 0 unspecified atom stereocenters. The first kappa shape index (κ1) is 23.1. The number of anilines is 1. The van der Waals surface area contributed by atoms with Crippen LogP contribution in [0.15, 0.2) is 72.8 Å². The van der Waals surface area contributed by atoms with Crippen LogP contribution >= 0.6 is 0 Å². The Morgan fingerprint density at radius 2 is 1.41 bits per heavy atom. The number of benzene rings is 3. The van der Waals surface area contributed by atoms with Gasteiger partial charge in [-0.15, -0.1) is 0 Å². The second kappa shape index (κ2) is 10.1. The summed E-state index contributed by atoms with van der Waals surface area (Å²) in [6.45, 7) is 6.52. The first-order valence-electron chi connectivity index (χ1n) is 10.6. The summed E-state index contributed by atoms with van der Waals surface area (Å²) < 4.78 is 10.5. The fraction of sp³-hybridized carbons (Fsp3) is 0.259.